The lowest BCUT2D eigenvalue weighted by Crippen LogP contribution is -2.36. The van der Waals surface area contributed by atoms with Gasteiger partial charge in [0, 0.05) is 34.9 Å². The Morgan fingerprint density at radius 3 is 2.40 bits per heavy atom. The zero-order chi connectivity index (χ0) is 38.0. The van der Waals surface area contributed by atoms with E-state index in [2.05, 4.69) is 37.4 Å². The second kappa shape index (κ2) is 13.2. The monoisotopic (exact) mass is 743 g/mol. The van der Waals surface area contributed by atoms with Gasteiger partial charge in [0.25, 0.3) is 18.8 Å². The minimum absolute atomic E-state index is 0.0253. The molecule has 3 unspecified atom stereocenters. The van der Waals surface area contributed by atoms with Crippen LogP contribution in [0.3, 0.4) is 0 Å². The fourth-order valence-corrected chi connectivity index (χ4v) is 7.05. The van der Waals surface area contributed by atoms with E-state index in [1.807, 2.05) is 0 Å². The summed E-state index contributed by atoms with van der Waals surface area (Å²) in [4.78, 5) is 18.4. The maximum Gasteiger partial charge on any atom is 0.297 e. The number of carbonyl (C=O) groups excluding carboxylic acids is 1. The van der Waals surface area contributed by atoms with Crippen LogP contribution in [0.2, 0.25) is 0 Å². The molecule has 7 rings (SSSR count). The first-order valence-corrected chi connectivity index (χ1v) is 16.4. The van der Waals surface area contributed by atoms with Crippen LogP contribution in [0.5, 0.6) is 0 Å². The number of nitrogens with one attached hydrogen (secondary N) is 1. The van der Waals surface area contributed by atoms with E-state index in [1.165, 1.54) is 44.3 Å². The quantitative estimate of drug-likeness (QED) is 0.125. The average Bonchev–Trinajstić information content (AvgIpc) is 3.68. The number of fused-ring (bicyclic) bond motifs is 4. The first-order valence-electron chi connectivity index (χ1n) is 16.4. The molecule has 1 fully saturated rings. The number of pyridine rings is 2. The Morgan fingerprint density at radius 2 is 1.75 bits per heavy atom. The molecule has 4 aromatic heterocycles. The fraction of sp³-hybridized carbons (Fsp3) is 0.361. The van der Waals surface area contributed by atoms with Gasteiger partial charge in [-0.2, -0.15) is 13.9 Å². The van der Waals surface area contributed by atoms with Gasteiger partial charge >= 0.3 is 0 Å². The first kappa shape index (κ1) is 36.0. The molecule has 1 aromatic carbocycles. The summed E-state index contributed by atoms with van der Waals surface area (Å²) in [5, 5.41) is 24.1. The normalized spacial score (nSPS) is 18.1. The standard InChI is InChI=1S/C36H29F8N7O2/c1-35(2,53)10-9-20-5-6-21(22-4-3-11-50-33(22)47-48-34(50)32(41)42)28(45-20)25(14-17-12-18(37)15-19(38)13-17)46-26(52)16-51-30-27(29(49-51)31(39)40)23-7-8-24(23)36(30,43)44/h3-6,11-13,15,23-25,31-32,53H,7-8,14,16H2,1-2H3,(H,46,52). The van der Waals surface area contributed by atoms with Gasteiger partial charge in [0.15, 0.2) is 5.65 Å². The molecule has 276 valence electrons. The van der Waals surface area contributed by atoms with Crippen molar-refractivity contribution in [3.63, 3.8) is 0 Å². The topological polar surface area (TPSA) is 110 Å². The highest BCUT2D eigenvalue weighted by molar-refractivity contribution is 5.81. The molecule has 2 aliphatic rings. The van der Waals surface area contributed by atoms with E-state index in [0.29, 0.717) is 10.7 Å². The second-order valence-corrected chi connectivity index (χ2v) is 13.5. The minimum Gasteiger partial charge on any atom is -0.378 e. The molecule has 1 saturated carbocycles. The average molecular weight is 744 g/mol. The molecule has 53 heavy (non-hydrogen) atoms. The van der Waals surface area contributed by atoms with Gasteiger partial charge in [-0.3, -0.25) is 13.9 Å². The Bertz CT molecular complexity index is 2280. The van der Waals surface area contributed by atoms with Crippen molar-refractivity contribution in [3.05, 3.63) is 100 Å². The fourth-order valence-electron chi connectivity index (χ4n) is 7.05. The van der Waals surface area contributed by atoms with Crippen LogP contribution in [0.1, 0.15) is 91.2 Å². The number of rotatable bonds is 9. The van der Waals surface area contributed by atoms with E-state index in [-0.39, 0.29) is 58.6 Å². The molecule has 4 heterocycles. The van der Waals surface area contributed by atoms with Crippen LogP contribution in [0.25, 0.3) is 16.8 Å². The number of aliphatic hydroxyl groups is 1. The zero-order valence-electron chi connectivity index (χ0n) is 27.9. The third kappa shape index (κ3) is 6.71. The van der Waals surface area contributed by atoms with Gasteiger partial charge in [-0.1, -0.05) is 5.92 Å². The number of nitrogens with zero attached hydrogens (tertiary/aromatic N) is 6. The van der Waals surface area contributed by atoms with Crippen LogP contribution in [-0.2, 0) is 23.7 Å². The number of hydrogen-bond acceptors (Lipinski definition) is 6. The van der Waals surface area contributed by atoms with Crippen LogP contribution in [-0.4, -0.2) is 46.0 Å². The molecule has 5 aromatic rings. The maximum absolute atomic E-state index is 15.5. The molecule has 0 radical (unpaired) electrons. The van der Waals surface area contributed by atoms with Gasteiger partial charge in [-0.25, -0.2) is 31.3 Å². The lowest BCUT2D eigenvalue weighted by molar-refractivity contribution is -0.123. The van der Waals surface area contributed by atoms with Gasteiger partial charge in [0.2, 0.25) is 11.7 Å². The van der Waals surface area contributed by atoms with E-state index in [1.54, 1.807) is 0 Å². The first-order chi connectivity index (χ1) is 25.0. The number of hydrogen-bond donors (Lipinski definition) is 2. The van der Waals surface area contributed by atoms with E-state index in [9.17, 15) is 36.2 Å². The summed E-state index contributed by atoms with van der Waals surface area (Å²) in [5.74, 6) is -3.76. The Kier molecular flexibility index (Phi) is 9.00. The molecule has 0 aliphatic heterocycles. The Hall–Kier alpha value is -5.37. The summed E-state index contributed by atoms with van der Waals surface area (Å²) >= 11 is 0. The summed E-state index contributed by atoms with van der Waals surface area (Å²) < 4.78 is 117. The number of alkyl halides is 6. The van der Waals surface area contributed by atoms with Crippen LogP contribution >= 0.6 is 0 Å². The van der Waals surface area contributed by atoms with E-state index in [4.69, 9.17) is 0 Å². The predicted molar refractivity (Wildman–Crippen MR) is 172 cm³/mol. The molecule has 17 heteroatoms. The highest BCUT2D eigenvalue weighted by Gasteiger charge is 2.62. The molecule has 2 N–H and O–H groups in total. The SMILES string of the molecule is CC(C)(O)C#Cc1ccc(-c2cccn3c(C(F)F)nnc23)c(C(Cc2cc(F)cc(F)c2)NC(=O)Cn2nc(C(F)F)c3c2C(F)(F)C2CCC32)n1. The van der Waals surface area contributed by atoms with Crippen molar-refractivity contribution < 1.29 is 45.0 Å². The molecular weight excluding hydrogens is 714 g/mol. The number of halogens is 8. The number of carbonyl (C=O) groups is 1. The highest BCUT2D eigenvalue weighted by Crippen LogP contribution is 2.63. The van der Waals surface area contributed by atoms with Crippen LogP contribution in [0.4, 0.5) is 35.1 Å². The molecule has 2 aliphatic carbocycles. The second-order valence-electron chi connectivity index (χ2n) is 13.5. The molecule has 1 amide bonds. The highest BCUT2D eigenvalue weighted by atomic mass is 19.3. The van der Waals surface area contributed by atoms with Crippen LogP contribution in [0, 0.1) is 29.4 Å². The largest absolute Gasteiger partial charge is 0.378 e. The third-order valence-electron chi connectivity index (χ3n) is 9.34. The molecule has 9 nitrogen and oxygen atoms in total. The Morgan fingerprint density at radius 1 is 1.02 bits per heavy atom. The molecule has 0 spiro atoms. The third-order valence-corrected chi connectivity index (χ3v) is 9.34. The van der Waals surface area contributed by atoms with Gasteiger partial charge in [-0.05, 0) is 86.9 Å². The van der Waals surface area contributed by atoms with Gasteiger partial charge < -0.3 is 10.4 Å². The zero-order valence-corrected chi connectivity index (χ0v) is 27.9. The lowest BCUT2D eigenvalue weighted by atomic mass is 9.73. The number of benzene rings is 1. The van der Waals surface area contributed by atoms with E-state index >= 15 is 8.78 Å². The summed E-state index contributed by atoms with van der Waals surface area (Å²) in [7, 11) is 0. The molecular formula is C36H29F8N7O2. The lowest BCUT2D eigenvalue weighted by Gasteiger charge is -2.34. The molecule has 0 saturated heterocycles. The van der Waals surface area contributed by atoms with Crippen molar-refractivity contribution in [1.29, 1.82) is 0 Å². The predicted octanol–water partition coefficient (Wildman–Crippen LogP) is 6.96. The van der Waals surface area contributed by atoms with Crippen molar-refractivity contribution >= 4 is 11.6 Å². The van der Waals surface area contributed by atoms with E-state index < -0.39 is 83.6 Å². The van der Waals surface area contributed by atoms with Crippen molar-refractivity contribution in [1.82, 2.24) is 34.7 Å². The maximum atomic E-state index is 15.5. The van der Waals surface area contributed by atoms with Crippen LogP contribution in [0.15, 0.2) is 48.7 Å². The van der Waals surface area contributed by atoms with Crippen LogP contribution < -0.4 is 5.32 Å². The van der Waals surface area contributed by atoms with Crippen molar-refractivity contribution in [3.8, 4) is 23.0 Å². The van der Waals surface area contributed by atoms with Crippen molar-refractivity contribution in [2.24, 2.45) is 5.92 Å². The Balaban J connectivity index is 1.35. The van der Waals surface area contributed by atoms with Gasteiger partial charge in [0.1, 0.15) is 40.9 Å². The molecule has 0 bridgehead atoms. The summed E-state index contributed by atoms with van der Waals surface area (Å²) in [6.45, 7) is 1.91. The van der Waals surface area contributed by atoms with E-state index in [0.717, 1.165) is 16.5 Å². The van der Waals surface area contributed by atoms with Gasteiger partial charge in [-0.15, -0.1) is 10.2 Å². The smallest absolute Gasteiger partial charge is 0.297 e. The minimum atomic E-state index is -3.52. The van der Waals surface area contributed by atoms with Gasteiger partial charge in [0.05, 0.1) is 11.7 Å². The van der Waals surface area contributed by atoms with Crippen molar-refractivity contribution in [2.45, 2.75) is 76.0 Å². The molecule has 3 atom stereocenters. The van der Waals surface area contributed by atoms with Crippen molar-refractivity contribution in [2.75, 3.05) is 0 Å². The number of aromatic nitrogens is 6. The number of amides is 1. The Labute approximate surface area is 296 Å². The summed E-state index contributed by atoms with van der Waals surface area (Å²) in [6, 6.07) is 7.17. The summed E-state index contributed by atoms with van der Waals surface area (Å²) in [6.07, 6.45) is -4.83. The summed E-state index contributed by atoms with van der Waals surface area (Å²) in [5.41, 5.74) is -2.90.